The van der Waals surface area contributed by atoms with Crippen LogP contribution in [0.3, 0.4) is 0 Å². The van der Waals surface area contributed by atoms with Crippen LogP contribution in [-0.2, 0) is 20.6 Å². The Morgan fingerprint density at radius 1 is 1.14 bits per heavy atom. The summed E-state index contributed by atoms with van der Waals surface area (Å²) >= 11 is 5.95. The summed E-state index contributed by atoms with van der Waals surface area (Å²) in [4.78, 5) is 12.5. The van der Waals surface area contributed by atoms with Crippen LogP contribution < -0.4 is 5.32 Å². The van der Waals surface area contributed by atoms with Crippen molar-refractivity contribution in [2.75, 3.05) is 19.6 Å². The molecular weight excluding hydrogens is 408 g/mol. The summed E-state index contributed by atoms with van der Waals surface area (Å²) in [5.74, 6) is 0.0347. The van der Waals surface area contributed by atoms with Crippen LogP contribution in [-0.4, -0.2) is 38.3 Å². The molecule has 1 heterocycles. The van der Waals surface area contributed by atoms with E-state index in [1.165, 1.54) is 9.87 Å². The summed E-state index contributed by atoms with van der Waals surface area (Å²) in [5.41, 5.74) is 1.86. The topological polar surface area (TPSA) is 66.5 Å². The lowest BCUT2D eigenvalue weighted by molar-refractivity contribution is -0.126. The van der Waals surface area contributed by atoms with E-state index in [9.17, 15) is 13.2 Å². The van der Waals surface area contributed by atoms with Crippen LogP contribution in [0.2, 0.25) is 5.02 Å². The molecule has 1 aliphatic rings. The Morgan fingerprint density at radius 3 is 2.48 bits per heavy atom. The third-order valence-corrected chi connectivity index (χ3v) is 7.49. The van der Waals surface area contributed by atoms with E-state index < -0.39 is 10.0 Å². The Bertz CT molecular complexity index is 926. The van der Waals surface area contributed by atoms with Gasteiger partial charge >= 0.3 is 0 Å². The van der Waals surface area contributed by atoms with Gasteiger partial charge in [-0.15, -0.1) is 0 Å². The first-order valence-corrected chi connectivity index (χ1v) is 11.9. The van der Waals surface area contributed by atoms with Gasteiger partial charge in [-0.2, -0.15) is 0 Å². The normalized spacial score (nSPS) is 17.0. The predicted molar refractivity (Wildman–Crippen MR) is 116 cm³/mol. The lowest BCUT2D eigenvalue weighted by Gasteiger charge is -2.30. The predicted octanol–water partition coefficient (Wildman–Crippen LogP) is 3.80. The van der Waals surface area contributed by atoms with Crippen LogP contribution in [0.5, 0.6) is 0 Å². The molecule has 7 heteroatoms. The lowest BCUT2D eigenvalue weighted by atomic mass is 9.96. The van der Waals surface area contributed by atoms with Crippen molar-refractivity contribution >= 4 is 27.5 Å². The number of nitrogens with zero attached hydrogens (tertiary/aromatic N) is 1. The maximum atomic E-state index is 12.7. The summed E-state index contributed by atoms with van der Waals surface area (Å²) in [7, 11) is -3.42. The first-order chi connectivity index (χ1) is 13.8. The van der Waals surface area contributed by atoms with E-state index in [1.807, 2.05) is 18.2 Å². The highest BCUT2D eigenvalue weighted by atomic mass is 35.5. The summed E-state index contributed by atoms with van der Waals surface area (Å²) in [5, 5.41) is 3.55. The van der Waals surface area contributed by atoms with Crippen molar-refractivity contribution in [1.82, 2.24) is 9.62 Å². The molecule has 1 atom stereocenters. The maximum absolute atomic E-state index is 12.7. The van der Waals surface area contributed by atoms with Gasteiger partial charge < -0.3 is 5.32 Å². The molecule has 156 valence electrons. The molecule has 2 aromatic carbocycles. The number of piperidine rings is 1. The molecule has 1 amide bonds. The molecule has 1 N–H and O–H groups in total. The first-order valence-electron chi connectivity index (χ1n) is 9.90. The third-order valence-electron chi connectivity index (χ3n) is 5.41. The number of carbonyl (C=O) groups excluding carboxylic acids is 1. The highest BCUT2D eigenvalue weighted by Crippen LogP contribution is 2.23. The van der Waals surface area contributed by atoms with E-state index in [-0.39, 0.29) is 23.5 Å². The van der Waals surface area contributed by atoms with Crippen molar-refractivity contribution in [3.8, 4) is 0 Å². The van der Waals surface area contributed by atoms with Gasteiger partial charge in [0.2, 0.25) is 15.9 Å². The number of hydrogen-bond donors (Lipinski definition) is 1. The minimum atomic E-state index is -3.42. The molecule has 1 fully saturated rings. The Balaban J connectivity index is 1.48. The number of halogens is 1. The lowest BCUT2D eigenvalue weighted by Crippen LogP contribution is -2.43. The highest BCUT2D eigenvalue weighted by molar-refractivity contribution is 7.88. The van der Waals surface area contributed by atoms with Crippen LogP contribution in [0.25, 0.3) is 0 Å². The average molecular weight is 435 g/mol. The van der Waals surface area contributed by atoms with Crippen molar-refractivity contribution in [2.24, 2.45) is 5.92 Å². The summed E-state index contributed by atoms with van der Waals surface area (Å²) in [6.45, 7) is 3.40. The molecule has 0 aliphatic carbocycles. The molecule has 3 rings (SSSR count). The molecular formula is C22H27ClN2O3S. The first kappa shape index (κ1) is 21.8. The van der Waals surface area contributed by atoms with E-state index in [0.717, 1.165) is 0 Å². The number of amides is 1. The second-order valence-electron chi connectivity index (χ2n) is 7.62. The largest absolute Gasteiger partial charge is 0.355 e. The fraction of sp³-hybridized carbons (Fsp3) is 0.409. The van der Waals surface area contributed by atoms with Crippen LogP contribution in [0.1, 0.15) is 36.8 Å². The number of carbonyl (C=O) groups is 1. The van der Waals surface area contributed by atoms with Crippen LogP contribution in [0.4, 0.5) is 0 Å². The van der Waals surface area contributed by atoms with Crippen molar-refractivity contribution in [3.05, 3.63) is 70.7 Å². The molecule has 1 aliphatic heterocycles. The zero-order chi connectivity index (χ0) is 20.9. The zero-order valence-electron chi connectivity index (χ0n) is 16.6. The molecule has 0 spiro atoms. The molecule has 5 nitrogen and oxygen atoms in total. The van der Waals surface area contributed by atoms with E-state index in [4.69, 9.17) is 11.6 Å². The molecule has 0 bridgehead atoms. The third kappa shape index (κ3) is 6.04. The van der Waals surface area contributed by atoms with Gasteiger partial charge in [0.25, 0.3) is 0 Å². The van der Waals surface area contributed by atoms with Gasteiger partial charge in [0.1, 0.15) is 0 Å². The SMILES string of the molecule is C[C@@H](CNC(=O)C1CCN(S(=O)(=O)Cc2cccc(Cl)c2)CC1)c1ccccc1. The summed E-state index contributed by atoms with van der Waals surface area (Å²) < 4.78 is 26.9. The zero-order valence-corrected chi connectivity index (χ0v) is 18.1. The fourth-order valence-electron chi connectivity index (χ4n) is 3.62. The number of rotatable bonds is 7. The Hall–Kier alpha value is -1.89. The minimum Gasteiger partial charge on any atom is -0.355 e. The number of hydrogen-bond acceptors (Lipinski definition) is 3. The van der Waals surface area contributed by atoms with E-state index >= 15 is 0 Å². The molecule has 0 unspecified atom stereocenters. The van der Waals surface area contributed by atoms with Crippen molar-refractivity contribution in [3.63, 3.8) is 0 Å². The molecule has 2 aromatic rings. The van der Waals surface area contributed by atoms with Crippen LogP contribution >= 0.6 is 11.6 Å². The van der Waals surface area contributed by atoms with Crippen molar-refractivity contribution in [2.45, 2.75) is 31.4 Å². The number of benzene rings is 2. The van der Waals surface area contributed by atoms with Crippen molar-refractivity contribution < 1.29 is 13.2 Å². The highest BCUT2D eigenvalue weighted by Gasteiger charge is 2.31. The van der Waals surface area contributed by atoms with Crippen LogP contribution in [0, 0.1) is 5.92 Å². The Labute approximate surface area is 178 Å². The van der Waals surface area contributed by atoms with Crippen molar-refractivity contribution in [1.29, 1.82) is 0 Å². The van der Waals surface area contributed by atoms with Gasteiger partial charge in [0.15, 0.2) is 0 Å². The molecule has 0 aromatic heterocycles. The second-order valence-corrected chi connectivity index (χ2v) is 10.0. The van der Waals surface area contributed by atoms with Gasteiger partial charge in [-0.1, -0.05) is 61.0 Å². The van der Waals surface area contributed by atoms with Gasteiger partial charge in [-0.25, -0.2) is 12.7 Å². The number of nitrogens with one attached hydrogen (secondary N) is 1. The van der Waals surface area contributed by atoms with Gasteiger partial charge in [-0.3, -0.25) is 4.79 Å². The van der Waals surface area contributed by atoms with Gasteiger partial charge in [0.05, 0.1) is 5.75 Å². The quantitative estimate of drug-likeness (QED) is 0.720. The number of sulfonamides is 1. The van der Waals surface area contributed by atoms with E-state index in [0.29, 0.717) is 43.1 Å². The van der Waals surface area contributed by atoms with Gasteiger partial charge in [-0.05, 0) is 42.0 Å². The minimum absolute atomic E-state index is 0.0136. The molecule has 1 saturated heterocycles. The molecule has 0 radical (unpaired) electrons. The maximum Gasteiger partial charge on any atom is 0.223 e. The van der Waals surface area contributed by atoms with E-state index in [1.54, 1.807) is 24.3 Å². The van der Waals surface area contributed by atoms with Crippen LogP contribution in [0.15, 0.2) is 54.6 Å². The smallest absolute Gasteiger partial charge is 0.223 e. The van der Waals surface area contributed by atoms with E-state index in [2.05, 4.69) is 24.4 Å². The molecule has 0 saturated carbocycles. The standard InChI is InChI=1S/C22H27ClN2O3S/c1-17(19-7-3-2-4-8-19)15-24-22(26)20-10-12-25(13-11-20)29(27,28)16-18-6-5-9-21(23)14-18/h2-9,14,17,20H,10-13,15-16H2,1H3,(H,24,26)/t17-/m0/s1. The van der Waals surface area contributed by atoms with Gasteiger partial charge in [0, 0.05) is 30.6 Å². The summed E-state index contributed by atoms with van der Waals surface area (Å²) in [6.07, 6.45) is 1.08. The Kier molecular flexibility index (Phi) is 7.33. The monoisotopic (exact) mass is 434 g/mol. The Morgan fingerprint density at radius 2 is 1.83 bits per heavy atom. The second kappa shape index (κ2) is 9.74. The molecule has 29 heavy (non-hydrogen) atoms. The summed E-state index contributed by atoms with van der Waals surface area (Å²) in [6, 6.07) is 17.0. The fourth-order valence-corrected chi connectivity index (χ4v) is 5.39. The average Bonchev–Trinajstić information content (AvgIpc) is 2.72.